The van der Waals surface area contributed by atoms with Crippen LogP contribution in [0.1, 0.15) is 34.8 Å². The molecule has 3 aromatic rings. The monoisotopic (exact) mass is 316 g/mol. The first-order chi connectivity index (χ1) is 11.8. The van der Waals surface area contributed by atoms with Gasteiger partial charge in [0.2, 0.25) is 0 Å². The maximum absolute atomic E-state index is 2.63. The molecule has 2 heterocycles. The summed E-state index contributed by atoms with van der Waals surface area (Å²) in [6.45, 7) is 5.39. The average Bonchev–Trinajstić information content (AvgIpc) is 2.97. The van der Waals surface area contributed by atoms with Crippen molar-refractivity contribution in [2.24, 2.45) is 0 Å². The summed E-state index contributed by atoms with van der Waals surface area (Å²) in [6, 6.07) is 24.6. The zero-order valence-electron chi connectivity index (χ0n) is 14.2. The Bertz CT molecular complexity index is 804. The number of aromatic nitrogens is 1. The van der Waals surface area contributed by atoms with Crippen molar-refractivity contribution in [3.8, 4) is 0 Å². The van der Waals surface area contributed by atoms with Gasteiger partial charge in [-0.2, -0.15) is 0 Å². The summed E-state index contributed by atoms with van der Waals surface area (Å²) in [7, 11) is 0. The van der Waals surface area contributed by atoms with Crippen molar-refractivity contribution >= 4 is 0 Å². The highest BCUT2D eigenvalue weighted by Gasteiger charge is 2.27. The molecular formula is C22H24N2. The fourth-order valence-electron chi connectivity index (χ4n) is 3.87. The summed E-state index contributed by atoms with van der Waals surface area (Å²) in [5.74, 6) is 0. The van der Waals surface area contributed by atoms with Crippen LogP contribution in [-0.2, 0) is 13.1 Å². The van der Waals surface area contributed by atoms with E-state index in [-0.39, 0.29) is 0 Å². The van der Waals surface area contributed by atoms with Crippen LogP contribution >= 0.6 is 0 Å². The van der Waals surface area contributed by atoms with E-state index in [1.165, 1.54) is 28.8 Å². The summed E-state index contributed by atoms with van der Waals surface area (Å²) in [5.41, 5.74) is 5.52. The fourth-order valence-corrected chi connectivity index (χ4v) is 3.87. The highest BCUT2D eigenvalue weighted by molar-refractivity contribution is 5.30. The fraction of sp³-hybridized carbons (Fsp3) is 0.273. The zero-order chi connectivity index (χ0) is 16.4. The van der Waals surface area contributed by atoms with Crippen molar-refractivity contribution in [2.45, 2.75) is 32.5 Å². The maximum atomic E-state index is 2.63. The lowest BCUT2D eigenvalue weighted by atomic mass is 10.0. The second-order valence-electron chi connectivity index (χ2n) is 6.75. The van der Waals surface area contributed by atoms with Gasteiger partial charge in [0.1, 0.15) is 0 Å². The number of hydrogen-bond donors (Lipinski definition) is 0. The molecule has 2 aromatic carbocycles. The third kappa shape index (κ3) is 3.02. The Morgan fingerprint density at radius 3 is 2.62 bits per heavy atom. The van der Waals surface area contributed by atoms with Crippen molar-refractivity contribution in [1.29, 1.82) is 0 Å². The molecule has 2 nitrogen and oxygen atoms in total. The first-order valence-electron chi connectivity index (χ1n) is 8.81. The Hall–Kier alpha value is -2.32. The number of rotatable bonds is 3. The van der Waals surface area contributed by atoms with Crippen LogP contribution in [-0.4, -0.2) is 16.0 Å². The lowest BCUT2D eigenvalue weighted by molar-refractivity contribution is 0.220. The minimum Gasteiger partial charge on any atom is -0.350 e. The SMILES string of the molecule is Cc1cccc(CN2CCCn3cccc3C2c2ccccc2)c1. The molecule has 1 unspecified atom stereocenters. The summed E-state index contributed by atoms with van der Waals surface area (Å²) < 4.78 is 2.42. The van der Waals surface area contributed by atoms with Crippen molar-refractivity contribution < 1.29 is 0 Å². The van der Waals surface area contributed by atoms with Gasteiger partial charge in [-0.15, -0.1) is 0 Å². The maximum Gasteiger partial charge on any atom is 0.0759 e. The van der Waals surface area contributed by atoms with Crippen LogP contribution < -0.4 is 0 Å². The largest absolute Gasteiger partial charge is 0.350 e. The predicted octanol–water partition coefficient (Wildman–Crippen LogP) is 4.79. The second-order valence-corrected chi connectivity index (χ2v) is 6.75. The zero-order valence-corrected chi connectivity index (χ0v) is 14.2. The Morgan fingerprint density at radius 2 is 1.79 bits per heavy atom. The van der Waals surface area contributed by atoms with Gasteiger partial charge in [0.15, 0.2) is 0 Å². The first-order valence-corrected chi connectivity index (χ1v) is 8.81. The molecule has 0 spiro atoms. The predicted molar refractivity (Wildman–Crippen MR) is 98.9 cm³/mol. The average molecular weight is 316 g/mol. The number of nitrogens with zero attached hydrogens (tertiary/aromatic N) is 2. The highest BCUT2D eigenvalue weighted by Crippen LogP contribution is 2.32. The van der Waals surface area contributed by atoms with E-state index in [0.29, 0.717) is 6.04 Å². The van der Waals surface area contributed by atoms with Crippen molar-refractivity contribution in [3.05, 3.63) is 95.3 Å². The molecule has 4 rings (SSSR count). The molecule has 0 aliphatic carbocycles. The lowest BCUT2D eigenvalue weighted by Crippen LogP contribution is -2.29. The van der Waals surface area contributed by atoms with Crippen LogP contribution in [0.5, 0.6) is 0 Å². The Labute approximate surface area is 144 Å². The van der Waals surface area contributed by atoms with Crippen LogP contribution in [0, 0.1) is 6.92 Å². The van der Waals surface area contributed by atoms with Crippen LogP contribution in [0.2, 0.25) is 0 Å². The topological polar surface area (TPSA) is 8.17 Å². The van der Waals surface area contributed by atoms with Gasteiger partial charge in [-0.05, 0) is 36.6 Å². The smallest absolute Gasteiger partial charge is 0.0759 e. The van der Waals surface area contributed by atoms with E-state index in [1.807, 2.05) is 0 Å². The van der Waals surface area contributed by atoms with Crippen LogP contribution in [0.15, 0.2) is 72.9 Å². The molecule has 2 heteroatoms. The molecule has 1 aromatic heterocycles. The molecule has 0 saturated carbocycles. The Morgan fingerprint density at radius 1 is 0.917 bits per heavy atom. The minimum absolute atomic E-state index is 0.323. The third-order valence-corrected chi connectivity index (χ3v) is 4.94. The summed E-state index contributed by atoms with van der Waals surface area (Å²) >= 11 is 0. The van der Waals surface area contributed by atoms with Crippen molar-refractivity contribution in [2.75, 3.05) is 6.54 Å². The summed E-state index contributed by atoms with van der Waals surface area (Å²) in [4.78, 5) is 2.63. The van der Waals surface area contributed by atoms with Crippen LogP contribution in [0.3, 0.4) is 0 Å². The molecular weight excluding hydrogens is 292 g/mol. The minimum atomic E-state index is 0.323. The summed E-state index contributed by atoms with van der Waals surface area (Å²) in [6.07, 6.45) is 3.41. The number of aryl methyl sites for hydroxylation is 2. The van der Waals surface area contributed by atoms with Crippen molar-refractivity contribution in [1.82, 2.24) is 9.47 Å². The van der Waals surface area contributed by atoms with Gasteiger partial charge in [-0.3, -0.25) is 4.90 Å². The normalized spacial score (nSPS) is 18.1. The van der Waals surface area contributed by atoms with Gasteiger partial charge in [0, 0.05) is 31.5 Å². The molecule has 0 N–H and O–H groups in total. The molecule has 122 valence electrons. The van der Waals surface area contributed by atoms with E-state index in [1.54, 1.807) is 0 Å². The van der Waals surface area contributed by atoms with E-state index in [4.69, 9.17) is 0 Å². The van der Waals surface area contributed by atoms with Crippen LogP contribution in [0.4, 0.5) is 0 Å². The molecule has 0 amide bonds. The van der Waals surface area contributed by atoms with E-state index in [9.17, 15) is 0 Å². The van der Waals surface area contributed by atoms with E-state index >= 15 is 0 Å². The van der Waals surface area contributed by atoms with E-state index in [2.05, 4.69) is 89.3 Å². The van der Waals surface area contributed by atoms with E-state index in [0.717, 1.165) is 19.6 Å². The van der Waals surface area contributed by atoms with Gasteiger partial charge in [-0.1, -0.05) is 60.2 Å². The molecule has 1 aliphatic heterocycles. The number of fused-ring (bicyclic) bond motifs is 1. The van der Waals surface area contributed by atoms with Gasteiger partial charge in [0.25, 0.3) is 0 Å². The van der Waals surface area contributed by atoms with Crippen molar-refractivity contribution in [3.63, 3.8) is 0 Å². The molecule has 1 atom stereocenters. The Balaban J connectivity index is 1.73. The number of hydrogen-bond acceptors (Lipinski definition) is 1. The van der Waals surface area contributed by atoms with Gasteiger partial charge < -0.3 is 4.57 Å². The molecule has 0 bridgehead atoms. The quantitative estimate of drug-likeness (QED) is 0.674. The van der Waals surface area contributed by atoms with Gasteiger partial charge in [-0.25, -0.2) is 0 Å². The summed E-state index contributed by atoms with van der Waals surface area (Å²) in [5, 5.41) is 0. The standard InChI is InChI=1S/C22H24N2/c1-18-8-5-9-19(16-18)17-24-15-7-14-23-13-6-12-21(23)22(24)20-10-3-2-4-11-20/h2-6,8-13,16,22H,7,14-15,17H2,1H3. The molecule has 1 aliphatic rings. The first kappa shape index (κ1) is 15.2. The number of benzene rings is 2. The third-order valence-electron chi connectivity index (χ3n) is 4.94. The second kappa shape index (κ2) is 6.66. The molecule has 0 fully saturated rings. The van der Waals surface area contributed by atoms with Gasteiger partial charge >= 0.3 is 0 Å². The molecule has 0 saturated heterocycles. The van der Waals surface area contributed by atoms with Gasteiger partial charge in [0.05, 0.1) is 6.04 Å². The Kier molecular flexibility index (Phi) is 4.22. The highest BCUT2D eigenvalue weighted by atomic mass is 15.2. The lowest BCUT2D eigenvalue weighted by Gasteiger charge is -2.30. The van der Waals surface area contributed by atoms with E-state index < -0.39 is 0 Å². The molecule has 0 radical (unpaired) electrons. The van der Waals surface area contributed by atoms with Crippen LogP contribution in [0.25, 0.3) is 0 Å². The molecule has 24 heavy (non-hydrogen) atoms.